The standard InChI is InChI=1S/C20H26O4.C12H20O6/c21-19(23-15-9-3-1-4-10-15)17-13-7-8-14-18(17)20(22)24-16-11-5-2-6-12-16;1-4-10(13)16-7-9(18-12(15)6-3)8-17-11(14)5-2/h7-8,13-16H,1-6,9-12H2;9H,4-8H2,1-3H3. The number of carbonyl (C=O) groups excluding carboxylic acids is 5. The molecule has 10 nitrogen and oxygen atoms in total. The number of ether oxygens (including phenoxy) is 5. The number of rotatable bonds is 12. The summed E-state index contributed by atoms with van der Waals surface area (Å²) in [6.45, 7) is 4.76. The van der Waals surface area contributed by atoms with E-state index in [1.165, 1.54) is 12.8 Å². The zero-order valence-corrected chi connectivity index (χ0v) is 25.2. The minimum atomic E-state index is -0.747. The lowest BCUT2D eigenvalue weighted by Crippen LogP contribution is -2.30. The van der Waals surface area contributed by atoms with E-state index in [0.717, 1.165) is 51.4 Å². The smallest absolute Gasteiger partial charge is 0.339 e. The average Bonchev–Trinajstić information content (AvgIpc) is 3.03. The summed E-state index contributed by atoms with van der Waals surface area (Å²) in [6, 6.07) is 6.83. The Hall–Kier alpha value is -3.43. The van der Waals surface area contributed by atoms with Crippen LogP contribution >= 0.6 is 0 Å². The Morgan fingerprint density at radius 3 is 1.36 bits per heavy atom. The molecule has 2 aliphatic carbocycles. The first-order chi connectivity index (χ1) is 20.3. The average molecular weight is 591 g/mol. The second-order valence-corrected chi connectivity index (χ2v) is 10.4. The monoisotopic (exact) mass is 590 g/mol. The topological polar surface area (TPSA) is 132 Å². The lowest BCUT2D eigenvalue weighted by atomic mass is 9.97. The summed E-state index contributed by atoms with van der Waals surface area (Å²) in [5, 5.41) is 0. The van der Waals surface area contributed by atoms with E-state index in [0.29, 0.717) is 11.1 Å². The minimum absolute atomic E-state index is 0.0197. The van der Waals surface area contributed by atoms with E-state index >= 15 is 0 Å². The van der Waals surface area contributed by atoms with Gasteiger partial charge in [0.25, 0.3) is 0 Å². The predicted octanol–water partition coefficient (Wildman–Crippen LogP) is 5.88. The molecule has 0 unspecified atom stereocenters. The molecule has 2 saturated carbocycles. The molecular formula is C32H46O10. The summed E-state index contributed by atoms with van der Waals surface area (Å²) in [7, 11) is 0. The van der Waals surface area contributed by atoms with Gasteiger partial charge in [0.1, 0.15) is 25.4 Å². The minimum Gasteiger partial charge on any atom is -0.462 e. The van der Waals surface area contributed by atoms with Gasteiger partial charge in [-0.2, -0.15) is 0 Å². The highest BCUT2D eigenvalue weighted by Crippen LogP contribution is 2.24. The predicted molar refractivity (Wildman–Crippen MR) is 154 cm³/mol. The summed E-state index contributed by atoms with van der Waals surface area (Å²) in [5.41, 5.74) is 0.646. The van der Waals surface area contributed by atoms with E-state index in [1.807, 2.05) is 0 Å². The molecule has 10 heteroatoms. The van der Waals surface area contributed by atoms with Crippen LogP contribution < -0.4 is 0 Å². The molecule has 0 bridgehead atoms. The van der Waals surface area contributed by atoms with Crippen LogP contribution in [0.2, 0.25) is 0 Å². The highest BCUT2D eigenvalue weighted by atomic mass is 16.6. The molecule has 1 aromatic rings. The van der Waals surface area contributed by atoms with E-state index in [-0.39, 0.29) is 44.7 Å². The number of hydrogen-bond acceptors (Lipinski definition) is 10. The van der Waals surface area contributed by atoms with E-state index < -0.39 is 36.0 Å². The first-order valence-corrected chi connectivity index (χ1v) is 15.3. The van der Waals surface area contributed by atoms with Crippen molar-refractivity contribution in [2.45, 2.75) is 123 Å². The number of benzene rings is 1. The molecule has 0 spiro atoms. The molecule has 2 fully saturated rings. The van der Waals surface area contributed by atoms with Crippen molar-refractivity contribution in [1.29, 1.82) is 0 Å². The van der Waals surface area contributed by atoms with Gasteiger partial charge in [-0.15, -0.1) is 0 Å². The van der Waals surface area contributed by atoms with Crippen molar-refractivity contribution in [3.63, 3.8) is 0 Å². The zero-order chi connectivity index (χ0) is 30.7. The molecule has 0 atom stereocenters. The van der Waals surface area contributed by atoms with Crippen LogP contribution in [-0.4, -0.2) is 61.4 Å². The third kappa shape index (κ3) is 13.0. The van der Waals surface area contributed by atoms with Gasteiger partial charge in [-0.3, -0.25) is 14.4 Å². The maximum Gasteiger partial charge on any atom is 0.339 e. The van der Waals surface area contributed by atoms with E-state index in [2.05, 4.69) is 0 Å². The highest BCUT2D eigenvalue weighted by molar-refractivity contribution is 6.03. The summed E-state index contributed by atoms with van der Waals surface area (Å²) in [5.74, 6) is -2.03. The third-order valence-corrected chi connectivity index (χ3v) is 7.04. The number of hydrogen-bond donors (Lipinski definition) is 0. The van der Waals surface area contributed by atoms with Crippen molar-refractivity contribution in [1.82, 2.24) is 0 Å². The Bertz CT molecular complexity index is 937. The van der Waals surface area contributed by atoms with Crippen molar-refractivity contribution >= 4 is 29.8 Å². The molecule has 0 aliphatic heterocycles. The van der Waals surface area contributed by atoms with E-state index in [1.54, 1.807) is 45.0 Å². The summed E-state index contributed by atoms with van der Waals surface area (Å²) in [6.07, 6.45) is 10.4. The van der Waals surface area contributed by atoms with Crippen molar-refractivity contribution in [2.24, 2.45) is 0 Å². The van der Waals surface area contributed by atoms with Crippen LogP contribution in [0.4, 0.5) is 0 Å². The SMILES string of the molecule is CCC(=O)OCC(COC(=O)CC)OC(=O)CC.O=C(OC1CCCCC1)c1ccccc1C(=O)OC1CCCCC1. The fraction of sp³-hybridized carbons (Fsp3) is 0.656. The lowest BCUT2D eigenvalue weighted by Gasteiger charge is -2.23. The molecular weight excluding hydrogens is 544 g/mol. The zero-order valence-electron chi connectivity index (χ0n) is 25.2. The molecule has 0 heterocycles. The summed E-state index contributed by atoms with van der Waals surface area (Å²) < 4.78 is 25.9. The van der Waals surface area contributed by atoms with Crippen molar-refractivity contribution in [3.05, 3.63) is 35.4 Å². The van der Waals surface area contributed by atoms with Gasteiger partial charge in [0.15, 0.2) is 6.10 Å². The van der Waals surface area contributed by atoms with Crippen LogP contribution in [0.5, 0.6) is 0 Å². The fourth-order valence-corrected chi connectivity index (χ4v) is 4.60. The molecule has 1 aromatic carbocycles. The first kappa shape index (κ1) is 34.8. The molecule has 0 amide bonds. The maximum atomic E-state index is 12.5. The molecule has 3 rings (SSSR count). The Balaban J connectivity index is 0.000000309. The van der Waals surface area contributed by atoms with Gasteiger partial charge < -0.3 is 23.7 Å². The molecule has 234 valence electrons. The molecule has 0 radical (unpaired) electrons. The Kier molecular flexibility index (Phi) is 16.3. The molecule has 0 aromatic heterocycles. The lowest BCUT2D eigenvalue weighted by molar-refractivity contribution is -0.166. The van der Waals surface area contributed by atoms with Gasteiger partial charge in [0.05, 0.1) is 11.1 Å². The second kappa shape index (κ2) is 19.6. The van der Waals surface area contributed by atoms with Crippen molar-refractivity contribution < 1.29 is 47.7 Å². The highest BCUT2D eigenvalue weighted by Gasteiger charge is 2.25. The van der Waals surface area contributed by atoms with Gasteiger partial charge in [-0.05, 0) is 63.5 Å². The summed E-state index contributed by atoms with van der Waals surface area (Å²) >= 11 is 0. The maximum absolute atomic E-state index is 12.5. The Morgan fingerprint density at radius 2 is 1.00 bits per heavy atom. The van der Waals surface area contributed by atoms with Crippen molar-refractivity contribution in [3.8, 4) is 0 Å². The second-order valence-electron chi connectivity index (χ2n) is 10.4. The number of esters is 5. The van der Waals surface area contributed by atoms with E-state index in [9.17, 15) is 24.0 Å². The van der Waals surface area contributed by atoms with Crippen LogP contribution in [0.25, 0.3) is 0 Å². The molecule has 0 saturated heterocycles. The molecule has 0 N–H and O–H groups in total. The van der Waals surface area contributed by atoms with Gasteiger partial charge in [-0.25, -0.2) is 9.59 Å². The summed E-state index contributed by atoms with van der Waals surface area (Å²) in [4.78, 5) is 58.1. The van der Waals surface area contributed by atoms with Crippen LogP contribution in [0, 0.1) is 0 Å². The van der Waals surface area contributed by atoms with Crippen LogP contribution in [0.15, 0.2) is 24.3 Å². The van der Waals surface area contributed by atoms with Crippen LogP contribution in [0.3, 0.4) is 0 Å². The number of carbonyl (C=O) groups is 5. The van der Waals surface area contributed by atoms with Gasteiger partial charge in [0, 0.05) is 19.3 Å². The quantitative estimate of drug-likeness (QED) is 0.215. The Labute approximate surface area is 248 Å². The van der Waals surface area contributed by atoms with Crippen LogP contribution in [-0.2, 0) is 38.1 Å². The van der Waals surface area contributed by atoms with Gasteiger partial charge in [0.2, 0.25) is 0 Å². The third-order valence-electron chi connectivity index (χ3n) is 7.04. The van der Waals surface area contributed by atoms with E-state index in [4.69, 9.17) is 23.7 Å². The molecule has 42 heavy (non-hydrogen) atoms. The normalized spacial score (nSPS) is 15.5. The van der Waals surface area contributed by atoms with Crippen molar-refractivity contribution in [2.75, 3.05) is 13.2 Å². The van der Waals surface area contributed by atoms with Gasteiger partial charge >= 0.3 is 29.8 Å². The van der Waals surface area contributed by atoms with Gasteiger partial charge in [-0.1, -0.05) is 45.7 Å². The Morgan fingerprint density at radius 1 is 0.619 bits per heavy atom. The largest absolute Gasteiger partial charge is 0.462 e. The van der Waals surface area contributed by atoms with Crippen LogP contribution in [0.1, 0.15) is 125 Å². The fourth-order valence-electron chi connectivity index (χ4n) is 4.60. The first-order valence-electron chi connectivity index (χ1n) is 15.3. The molecule has 2 aliphatic rings.